The van der Waals surface area contributed by atoms with Crippen molar-refractivity contribution in [3.05, 3.63) is 154 Å². The van der Waals surface area contributed by atoms with Crippen LogP contribution in [0, 0.1) is 0 Å². The number of carboxylic acids is 1. The van der Waals surface area contributed by atoms with Gasteiger partial charge in [-0.2, -0.15) is 0 Å². The third-order valence-corrected chi connectivity index (χ3v) is 8.85. The van der Waals surface area contributed by atoms with Crippen LogP contribution < -0.4 is 0 Å². The van der Waals surface area contributed by atoms with Gasteiger partial charge in [0.25, 0.3) is 0 Å². The topological polar surface area (TPSA) is 84.1 Å². The van der Waals surface area contributed by atoms with E-state index >= 15 is 0 Å². The summed E-state index contributed by atoms with van der Waals surface area (Å²) in [7, 11) is 0. The standard InChI is InChI=1S/C40H32ClN3O3.Ni/c1-25(40(46)47)42-39(28-11-3-2-4-12-28)34-21-31(41)19-20-35(34)43-36(45)24-44-22-29-17-15-26-9-5-7-13-32(26)37(29)38-30(23-44)18-16-27-10-6-8-14-33(27)38;/h2-21,25H,22-24H2,1H3,(H2,42,43,45,46,47);/q;+2/p-1. The van der Waals surface area contributed by atoms with Gasteiger partial charge in [0, 0.05) is 30.2 Å². The molecular weight excluding hydrogens is 665 g/mol. The molecule has 0 aliphatic carbocycles. The van der Waals surface area contributed by atoms with Crippen LogP contribution in [0.4, 0.5) is 5.69 Å². The average molecular weight is 696 g/mol. The molecule has 1 atom stereocenters. The molecule has 0 spiro atoms. The van der Waals surface area contributed by atoms with Crippen LogP contribution >= 0.6 is 11.6 Å². The van der Waals surface area contributed by atoms with Gasteiger partial charge in [-0.15, -0.1) is 5.69 Å². The van der Waals surface area contributed by atoms with E-state index in [9.17, 15) is 14.7 Å². The predicted octanol–water partition coefficient (Wildman–Crippen LogP) is 9.17. The first-order chi connectivity index (χ1) is 22.9. The molecule has 0 bridgehead atoms. The molecule has 1 unspecified atom stereocenters. The summed E-state index contributed by atoms with van der Waals surface area (Å²) in [5, 5.41) is 19.4. The van der Waals surface area contributed by atoms with Crippen molar-refractivity contribution >= 4 is 56.4 Å². The third-order valence-electron chi connectivity index (χ3n) is 8.61. The minimum Gasteiger partial charge on any atom is -0.625 e. The molecule has 0 saturated heterocycles. The van der Waals surface area contributed by atoms with Gasteiger partial charge in [-0.25, -0.2) is 4.79 Å². The maximum absolute atomic E-state index is 13.8. The van der Waals surface area contributed by atoms with Gasteiger partial charge in [-0.1, -0.05) is 121 Å². The van der Waals surface area contributed by atoms with E-state index in [1.165, 1.54) is 39.6 Å². The number of aliphatic carboxylic acids is 1. The Kier molecular flexibility index (Phi) is 9.74. The summed E-state index contributed by atoms with van der Waals surface area (Å²) in [5.74, 6) is -1.38. The zero-order valence-electron chi connectivity index (χ0n) is 26.0. The molecule has 1 heterocycles. The third kappa shape index (κ3) is 6.63. The number of amides is 1. The SMILES string of the molecule is CC(N=C(c1ccccc1)c1cc(Cl)ccc1[N-]C(=O)CN1Cc2ccc3ccccc3c2-c2c(ccc3ccccc23)C1)C(=O)O.[Ni+2]. The van der Waals surface area contributed by atoms with Crippen LogP contribution in [0.5, 0.6) is 0 Å². The molecule has 6 aromatic carbocycles. The van der Waals surface area contributed by atoms with E-state index in [4.69, 9.17) is 11.6 Å². The molecule has 1 aliphatic rings. The van der Waals surface area contributed by atoms with E-state index in [1.807, 2.05) is 30.3 Å². The Morgan fingerprint density at radius 3 is 1.94 bits per heavy atom. The number of aliphatic imine (C=N–C) groups is 1. The molecule has 6 nitrogen and oxygen atoms in total. The van der Waals surface area contributed by atoms with Gasteiger partial charge in [0.1, 0.15) is 6.04 Å². The van der Waals surface area contributed by atoms with Crippen molar-refractivity contribution < 1.29 is 31.2 Å². The van der Waals surface area contributed by atoms with Crippen molar-refractivity contribution in [3.63, 3.8) is 0 Å². The second-order valence-electron chi connectivity index (χ2n) is 11.8. The number of carboxylic acid groups (broad SMARTS) is 1. The molecule has 0 radical (unpaired) electrons. The number of rotatable bonds is 7. The van der Waals surface area contributed by atoms with Crippen LogP contribution in [0.15, 0.2) is 126 Å². The molecule has 1 N–H and O–H groups in total. The van der Waals surface area contributed by atoms with Crippen LogP contribution in [-0.4, -0.2) is 40.2 Å². The second-order valence-corrected chi connectivity index (χ2v) is 12.2. The Morgan fingerprint density at radius 2 is 1.35 bits per heavy atom. The maximum Gasteiger partial charge on any atom is 2.00 e. The Labute approximate surface area is 294 Å². The number of halogens is 1. The number of benzene rings is 6. The summed E-state index contributed by atoms with van der Waals surface area (Å²) < 4.78 is 0. The van der Waals surface area contributed by atoms with E-state index in [2.05, 4.69) is 88.0 Å². The first-order valence-electron chi connectivity index (χ1n) is 15.5. The van der Waals surface area contributed by atoms with E-state index in [0.717, 1.165) is 11.1 Å². The van der Waals surface area contributed by atoms with Crippen LogP contribution in [0.2, 0.25) is 5.02 Å². The minimum atomic E-state index is -1.06. The van der Waals surface area contributed by atoms with Gasteiger partial charge in [0.15, 0.2) is 0 Å². The van der Waals surface area contributed by atoms with E-state index in [-0.39, 0.29) is 28.9 Å². The van der Waals surface area contributed by atoms with Crippen molar-refractivity contribution in [3.8, 4) is 11.1 Å². The smallest absolute Gasteiger partial charge is 0.625 e. The Morgan fingerprint density at radius 1 is 0.792 bits per heavy atom. The molecular formula is C40H31ClN3NiO3+. The quantitative estimate of drug-likeness (QED) is 0.133. The summed E-state index contributed by atoms with van der Waals surface area (Å²) in [6.07, 6.45) is 0. The van der Waals surface area contributed by atoms with Crippen molar-refractivity contribution in [2.75, 3.05) is 6.54 Å². The second kappa shape index (κ2) is 14.1. The van der Waals surface area contributed by atoms with Crippen molar-refractivity contribution in [2.45, 2.75) is 26.1 Å². The number of hydrogen-bond donors (Lipinski definition) is 1. The monoisotopic (exact) mass is 694 g/mol. The van der Waals surface area contributed by atoms with E-state index in [0.29, 0.717) is 40.6 Å². The molecule has 6 aromatic rings. The fraction of sp³-hybridized carbons (Fsp3) is 0.125. The van der Waals surface area contributed by atoms with Gasteiger partial charge < -0.3 is 15.2 Å². The number of fused-ring (bicyclic) bond motifs is 7. The molecule has 1 amide bonds. The van der Waals surface area contributed by atoms with Gasteiger partial charge >= 0.3 is 22.5 Å². The molecule has 0 aromatic heterocycles. The molecule has 7 rings (SSSR count). The van der Waals surface area contributed by atoms with Gasteiger partial charge in [0.05, 0.1) is 11.6 Å². The first kappa shape index (κ1) is 33.1. The molecule has 240 valence electrons. The molecule has 0 fully saturated rings. The van der Waals surface area contributed by atoms with Gasteiger partial charge in [-0.05, 0) is 68.4 Å². The molecule has 48 heavy (non-hydrogen) atoms. The Balaban J connectivity index is 0.00000401. The zero-order valence-corrected chi connectivity index (χ0v) is 27.8. The van der Waals surface area contributed by atoms with Gasteiger partial charge in [0.2, 0.25) is 0 Å². The summed E-state index contributed by atoms with van der Waals surface area (Å²) in [4.78, 5) is 32.2. The van der Waals surface area contributed by atoms with E-state index in [1.54, 1.807) is 18.2 Å². The normalized spacial score (nSPS) is 13.6. The van der Waals surface area contributed by atoms with Gasteiger partial charge in [-0.3, -0.25) is 9.89 Å². The Bertz CT molecular complexity index is 2120. The summed E-state index contributed by atoms with van der Waals surface area (Å²) >= 11 is 6.43. The largest absolute Gasteiger partial charge is 2.00 e. The summed E-state index contributed by atoms with van der Waals surface area (Å²) in [6.45, 7) is 2.75. The van der Waals surface area contributed by atoms with Crippen molar-refractivity contribution in [2.24, 2.45) is 4.99 Å². The molecule has 0 saturated carbocycles. The minimum absolute atomic E-state index is 0. The Hall–Kier alpha value is -4.81. The zero-order chi connectivity index (χ0) is 32.5. The van der Waals surface area contributed by atoms with Crippen molar-refractivity contribution in [1.82, 2.24) is 4.90 Å². The number of carbonyl (C=O) groups excluding carboxylic acids is 1. The molecule has 8 heteroatoms. The number of carbonyl (C=O) groups is 2. The van der Waals surface area contributed by atoms with Crippen LogP contribution in [0.3, 0.4) is 0 Å². The predicted molar refractivity (Wildman–Crippen MR) is 190 cm³/mol. The molecule has 1 aliphatic heterocycles. The fourth-order valence-electron chi connectivity index (χ4n) is 6.44. The first-order valence-corrected chi connectivity index (χ1v) is 15.9. The van der Waals surface area contributed by atoms with Crippen LogP contribution in [0.1, 0.15) is 29.2 Å². The number of hydrogen-bond acceptors (Lipinski definition) is 4. The maximum atomic E-state index is 13.8. The summed E-state index contributed by atoms with van der Waals surface area (Å²) in [5.41, 5.74) is 6.70. The van der Waals surface area contributed by atoms with Crippen molar-refractivity contribution in [1.29, 1.82) is 0 Å². The van der Waals surface area contributed by atoms with Crippen LogP contribution in [0.25, 0.3) is 38.0 Å². The number of nitrogens with zero attached hydrogens (tertiary/aromatic N) is 3. The fourth-order valence-corrected chi connectivity index (χ4v) is 6.61. The summed E-state index contributed by atoms with van der Waals surface area (Å²) in [6, 6.07) is 38.8. The van der Waals surface area contributed by atoms with Crippen LogP contribution in [-0.2, 0) is 39.2 Å². The average Bonchev–Trinajstić information content (AvgIpc) is 3.24. The van der Waals surface area contributed by atoms with E-state index < -0.39 is 12.0 Å².